The smallest absolute Gasteiger partial charge is 0.405 e. The van der Waals surface area contributed by atoms with E-state index >= 15 is 0 Å². The van der Waals surface area contributed by atoms with Crippen molar-refractivity contribution in [3.8, 4) is 6.07 Å². The molecule has 0 aliphatic heterocycles. The number of nitriles is 1. The van der Waals surface area contributed by atoms with Crippen molar-refractivity contribution in [2.75, 3.05) is 0 Å². The number of primary amides is 1. The summed E-state index contributed by atoms with van der Waals surface area (Å²) in [6, 6.07) is 2.26. The first kappa shape index (κ1) is 11.8. The highest BCUT2D eigenvalue weighted by Crippen LogP contribution is 2.46. The van der Waals surface area contributed by atoms with Crippen molar-refractivity contribution in [2.45, 2.75) is 39.2 Å². The molecule has 4 heteroatoms. The Balaban J connectivity index is 2.41. The summed E-state index contributed by atoms with van der Waals surface area (Å²) >= 11 is 0. The molecule has 3 unspecified atom stereocenters. The summed E-state index contributed by atoms with van der Waals surface area (Å²) in [6.45, 7) is 5.78. The lowest BCUT2D eigenvalue weighted by atomic mass is 9.90. The fourth-order valence-corrected chi connectivity index (χ4v) is 2.23. The molecule has 1 fully saturated rings. The van der Waals surface area contributed by atoms with Crippen molar-refractivity contribution in [3.05, 3.63) is 0 Å². The fraction of sp³-hybridized carbons (Fsp3) is 0.818. The predicted molar refractivity (Wildman–Crippen MR) is 55.7 cm³/mol. The van der Waals surface area contributed by atoms with E-state index in [1.807, 2.05) is 13.8 Å². The van der Waals surface area contributed by atoms with E-state index in [0.717, 1.165) is 12.8 Å². The van der Waals surface area contributed by atoms with E-state index < -0.39 is 11.7 Å². The molecule has 4 nitrogen and oxygen atoms in total. The lowest BCUT2D eigenvalue weighted by Gasteiger charge is -2.27. The van der Waals surface area contributed by atoms with Gasteiger partial charge in [-0.15, -0.1) is 0 Å². The zero-order valence-corrected chi connectivity index (χ0v) is 9.49. The second kappa shape index (κ2) is 4.09. The summed E-state index contributed by atoms with van der Waals surface area (Å²) in [5.74, 6) is 1.05. The van der Waals surface area contributed by atoms with Crippen LogP contribution in [0.2, 0.25) is 0 Å². The van der Waals surface area contributed by atoms with E-state index in [1.165, 1.54) is 0 Å². The lowest BCUT2D eigenvalue weighted by Crippen LogP contribution is -2.33. The number of hydrogen-bond acceptors (Lipinski definition) is 3. The van der Waals surface area contributed by atoms with E-state index in [2.05, 4.69) is 13.0 Å². The van der Waals surface area contributed by atoms with Gasteiger partial charge in [-0.2, -0.15) is 5.26 Å². The molecule has 84 valence electrons. The Hall–Kier alpha value is -1.24. The van der Waals surface area contributed by atoms with Gasteiger partial charge in [0.1, 0.15) is 5.60 Å². The lowest BCUT2D eigenvalue weighted by molar-refractivity contribution is 0.0257. The molecule has 0 bridgehead atoms. The number of hydrogen-bond donors (Lipinski definition) is 1. The summed E-state index contributed by atoms with van der Waals surface area (Å²) in [4.78, 5) is 10.7. The average molecular weight is 210 g/mol. The van der Waals surface area contributed by atoms with Crippen LogP contribution in [-0.2, 0) is 4.74 Å². The molecule has 0 saturated heterocycles. The van der Waals surface area contributed by atoms with Crippen LogP contribution in [0.5, 0.6) is 0 Å². The SMILES string of the molecule is CC(CC(C)(C)OC(N)=O)C1CC1C#N. The summed E-state index contributed by atoms with van der Waals surface area (Å²) in [5.41, 5.74) is 4.45. The normalized spacial score (nSPS) is 26.5. The van der Waals surface area contributed by atoms with Crippen molar-refractivity contribution >= 4 is 6.09 Å². The Morgan fingerprint density at radius 2 is 2.33 bits per heavy atom. The number of carbonyl (C=O) groups excluding carboxylic acids is 1. The fourth-order valence-electron chi connectivity index (χ4n) is 2.23. The van der Waals surface area contributed by atoms with Crippen LogP contribution in [0.4, 0.5) is 4.79 Å². The van der Waals surface area contributed by atoms with Crippen molar-refractivity contribution < 1.29 is 9.53 Å². The Morgan fingerprint density at radius 1 is 1.73 bits per heavy atom. The summed E-state index contributed by atoms with van der Waals surface area (Å²) in [6.07, 6.45) is 0.989. The van der Waals surface area contributed by atoms with Gasteiger partial charge < -0.3 is 10.5 Å². The summed E-state index contributed by atoms with van der Waals surface area (Å²) in [7, 11) is 0. The van der Waals surface area contributed by atoms with Crippen LogP contribution in [0.1, 0.15) is 33.6 Å². The Morgan fingerprint density at radius 3 is 2.73 bits per heavy atom. The van der Waals surface area contributed by atoms with Crippen LogP contribution in [0, 0.1) is 29.1 Å². The maximum absolute atomic E-state index is 10.7. The predicted octanol–water partition coefficient (Wildman–Crippen LogP) is 2.05. The third-order valence-electron chi connectivity index (χ3n) is 2.93. The van der Waals surface area contributed by atoms with E-state index in [1.54, 1.807) is 0 Å². The van der Waals surface area contributed by atoms with Gasteiger partial charge in [0.2, 0.25) is 0 Å². The van der Waals surface area contributed by atoms with E-state index in [0.29, 0.717) is 11.8 Å². The molecule has 1 aliphatic carbocycles. The molecule has 1 saturated carbocycles. The minimum absolute atomic E-state index is 0.198. The number of carbonyl (C=O) groups is 1. The molecule has 1 amide bonds. The average Bonchev–Trinajstić information content (AvgIpc) is 2.78. The van der Waals surface area contributed by atoms with Gasteiger partial charge in [-0.05, 0) is 38.5 Å². The Bertz CT molecular complexity index is 293. The Labute approximate surface area is 90.4 Å². The van der Waals surface area contributed by atoms with Gasteiger partial charge in [-0.1, -0.05) is 6.92 Å². The second-order valence-corrected chi connectivity index (χ2v) is 5.00. The van der Waals surface area contributed by atoms with Crippen LogP contribution in [-0.4, -0.2) is 11.7 Å². The quantitative estimate of drug-likeness (QED) is 0.771. The zero-order valence-electron chi connectivity index (χ0n) is 9.49. The number of ether oxygens (including phenoxy) is 1. The third-order valence-corrected chi connectivity index (χ3v) is 2.93. The molecule has 0 radical (unpaired) electrons. The maximum atomic E-state index is 10.7. The largest absolute Gasteiger partial charge is 0.444 e. The molecule has 0 spiro atoms. The monoisotopic (exact) mass is 210 g/mol. The van der Waals surface area contributed by atoms with Gasteiger partial charge in [0.25, 0.3) is 0 Å². The molecular weight excluding hydrogens is 192 g/mol. The van der Waals surface area contributed by atoms with Gasteiger partial charge in [-0.3, -0.25) is 0 Å². The van der Waals surface area contributed by atoms with Gasteiger partial charge in [0.15, 0.2) is 0 Å². The molecule has 0 aromatic heterocycles. The van der Waals surface area contributed by atoms with Crippen molar-refractivity contribution in [1.82, 2.24) is 0 Å². The summed E-state index contributed by atoms with van der Waals surface area (Å²) in [5, 5.41) is 8.71. The van der Waals surface area contributed by atoms with Crippen LogP contribution in [0.3, 0.4) is 0 Å². The minimum atomic E-state index is -0.736. The first-order valence-electron chi connectivity index (χ1n) is 5.24. The number of nitrogens with zero attached hydrogens (tertiary/aromatic N) is 1. The van der Waals surface area contributed by atoms with Crippen molar-refractivity contribution in [1.29, 1.82) is 5.26 Å². The molecule has 2 N–H and O–H groups in total. The number of amides is 1. The van der Waals surface area contributed by atoms with Gasteiger partial charge in [0, 0.05) is 5.92 Å². The molecule has 0 heterocycles. The molecule has 1 rings (SSSR count). The topological polar surface area (TPSA) is 76.1 Å². The standard InChI is InChI=1S/C11H18N2O2/c1-7(9-4-8(9)6-12)5-11(2,3)15-10(13)14/h7-9H,4-5H2,1-3H3,(H2,13,14). The Kier molecular flexibility index (Phi) is 3.23. The summed E-state index contributed by atoms with van der Waals surface area (Å²) < 4.78 is 5.01. The van der Waals surface area contributed by atoms with E-state index in [-0.39, 0.29) is 5.92 Å². The van der Waals surface area contributed by atoms with E-state index in [4.69, 9.17) is 15.7 Å². The third kappa shape index (κ3) is 3.43. The highest BCUT2D eigenvalue weighted by atomic mass is 16.6. The highest BCUT2D eigenvalue weighted by molar-refractivity contribution is 5.65. The second-order valence-electron chi connectivity index (χ2n) is 5.00. The number of rotatable bonds is 4. The molecule has 0 aromatic carbocycles. The van der Waals surface area contributed by atoms with Crippen LogP contribution in [0.25, 0.3) is 0 Å². The zero-order chi connectivity index (χ0) is 11.6. The molecular formula is C11H18N2O2. The highest BCUT2D eigenvalue weighted by Gasteiger charge is 2.43. The number of nitrogens with two attached hydrogens (primary N) is 1. The molecule has 15 heavy (non-hydrogen) atoms. The first-order valence-corrected chi connectivity index (χ1v) is 5.24. The first-order chi connectivity index (χ1) is 6.85. The van der Waals surface area contributed by atoms with Gasteiger partial charge in [-0.25, -0.2) is 4.79 Å². The molecule has 3 atom stereocenters. The molecule has 0 aromatic rings. The molecule has 1 aliphatic rings. The minimum Gasteiger partial charge on any atom is -0.444 e. The van der Waals surface area contributed by atoms with E-state index in [9.17, 15) is 4.79 Å². The van der Waals surface area contributed by atoms with Crippen molar-refractivity contribution in [3.63, 3.8) is 0 Å². The maximum Gasteiger partial charge on any atom is 0.405 e. The van der Waals surface area contributed by atoms with Crippen LogP contribution >= 0.6 is 0 Å². The van der Waals surface area contributed by atoms with Gasteiger partial charge in [0.05, 0.1) is 6.07 Å². The van der Waals surface area contributed by atoms with Crippen molar-refractivity contribution in [2.24, 2.45) is 23.5 Å². The van der Waals surface area contributed by atoms with Crippen LogP contribution in [0.15, 0.2) is 0 Å². The van der Waals surface area contributed by atoms with Crippen LogP contribution < -0.4 is 5.73 Å². The van der Waals surface area contributed by atoms with Gasteiger partial charge >= 0.3 is 6.09 Å².